The maximum Gasteiger partial charge on any atom is 0.132 e. The molecule has 0 amide bonds. The zero-order valence-electron chi connectivity index (χ0n) is 11.3. The summed E-state index contributed by atoms with van der Waals surface area (Å²) in [5.41, 5.74) is 2.99. The van der Waals surface area contributed by atoms with E-state index in [9.17, 15) is 5.21 Å². The molecule has 0 radical (unpaired) electrons. The Labute approximate surface area is 104 Å². The molecule has 0 aromatic heterocycles. The Bertz CT molecular complexity index is 252. The van der Waals surface area contributed by atoms with Crippen molar-refractivity contribution in [1.82, 2.24) is 25.5 Å². The largest absolute Gasteiger partial charge is 0.770 e. The van der Waals surface area contributed by atoms with Gasteiger partial charge in [0.1, 0.15) is 6.29 Å². The molecule has 17 heavy (non-hydrogen) atoms. The van der Waals surface area contributed by atoms with Crippen molar-refractivity contribution in [2.24, 2.45) is 0 Å². The summed E-state index contributed by atoms with van der Waals surface area (Å²) < 4.78 is 0. The Balaban J connectivity index is 2.14. The Hall–Kier alpha value is -0.240. The highest BCUT2D eigenvalue weighted by atomic mass is 16.6. The third kappa shape index (κ3) is 2.47. The van der Waals surface area contributed by atoms with Crippen LogP contribution in [0.5, 0.6) is 0 Å². The van der Waals surface area contributed by atoms with Crippen molar-refractivity contribution in [2.75, 3.05) is 28.2 Å². The van der Waals surface area contributed by atoms with Gasteiger partial charge >= 0.3 is 0 Å². The fourth-order valence-electron chi connectivity index (χ4n) is 3.13. The van der Waals surface area contributed by atoms with Gasteiger partial charge < -0.3 is 10.4 Å². The van der Waals surface area contributed by atoms with E-state index in [0.717, 1.165) is 18.0 Å². The quantitative estimate of drug-likeness (QED) is 0.715. The number of rotatable bonds is 3. The normalized spacial score (nSPS) is 31.8. The standard InChI is InChI=1S/C11H24N5O/c1-13(2)11(14(3)4)15-9-7-5-6-8-10(9)16(17)12-15/h9-12H,5-8H2,1-4H3/q-1. The molecule has 0 spiro atoms. The van der Waals surface area contributed by atoms with Crippen molar-refractivity contribution in [1.29, 1.82) is 0 Å². The third-order valence-corrected chi connectivity index (χ3v) is 3.74. The van der Waals surface area contributed by atoms with E-state index in [1.165, 1.54) is 12.8 Å². The van der Waals surface area contributed by atoms with Gasteiger partial charge in [-0.3, -0.25) is 9.80 Å². The SMILES string of the molecule is CN(C)C(N(C)C)N1NN([O-])C2CCCCC21. The summed E-state index contributed by atoms with van der Waals surface area (Å²) in [6.07, 6.45) is 4.62. The minimum atomic E-state index is 0.111. The lowest BCUT2D eigenvalue weighted by atomic mass is 9.91. The molecule has 2 unspecified atom stereocenters. The van der Waals surface area contributed by atoms with E-state index in [1.54, 1.807) is 0 Å². The average molecular weight is 242 g/mol. The van der Waals surface area contributed by atoms with Crippen molar-refractivity contribution in [3.05, 3.63) is 5.21 Å². The smallest absolute Gasteiger partial charge is 0.132 e. The molecule has 1 saturated carbocycles. The molecular formula is C11H24N5O-. The Morgan fingerprint density at radius 2 is 1.59 bits per heavy atom. The van der Waals surface area contributed by atoms with E-state index >= 15 is 0 Å². The molecule has 1 N–H and O–H groups in total. The van der Waals surface area contributed by atoms with Crippen LogP contribution < -0.4 is 5.53 Å². The second kappa shape index (κ2) is 5.17. The first-order valence-corrected chi connectivity index (χ1v) is 6.36. The van der Waals surface area contributed by atoms with Gasteiger partial charge in [0.2, 0.25) is 0 Å². The van der Waals surface area contributed by atoms with Crippen molar-refractivity contribution in [2.45, 2.75) is 44.1 Å². The Morgan fingerprint density at radius 3 is 2.12 bits per heavy atom. The van der Waals surface area contributed by atoms with Gasteiger partial charge in [0.25, 0.3) is 0 Å². The summed E-state index contributed by atoms with van der Waals surface area (Å²) in [5.74, 6) is 0. The van der Waals surface area contributed by atoms with Crippen LogP contribution in [0.4, 0.5) is 0 Å². The molecule has 0 aromatic rings. The number of fused-ring (bicyclic) bond motifs is 1. The number of hydroxylamine groups is 1. The summed E-state index contributed by atoms with van der Waals surface area (Å²) in [4.78, 5) is 4.25. The minimum Gasteiger partial charge on any atom is -0.770 e. The summed E-state index contributed by atoms with van der Waals surface area (Å²) >= 11 is 0. The van der Waals surface area contributed by atoms with E-state index in [1.807, 2.05) is 28.2 Å². The van der Waals surface area contributed by atoms with Gasteiger partial charge in [-0.15, -0.1) is 0 Å². The molecule has 6 nitrogen and oxygen atoms in total. The predicted octanol–water partition coefficient (Wildman–Crippen LogP) is 0.239. The highest BCUT2D eigenvalue weighted by Gasteiger charge is 2.41. The van der Waals surface area contributed by atoms with Crippen molar-refractivity contribution in [3.63, 3.8) is 0 Å². The Kier molecular flexibility index (Phi) is 4.02. The van der Waals surface area contributed by atoms with Gasteiger partial charge in [-0.1, -0.05) is 12.8 Å². The van der Waals surface area contributed by atoms with Gasteiger partial charge in [-0.05, 0) is 41.0 Å². The van der Waals surface area contributed by atoms with Gasteiger partial charge in [0, 0.05) is 12.1 Å². The van der Waals surface area contributed by atoms with Crippen LogP contribution in [0.1, 0.15) is 25.7 Å². The maximum atomic E-state index is 11.9. The average Bonchev–Trinajstić information content (AvgIpc) is 2.56. The zero-order chi connectivity index (χ0) is 12.6. The second-order valence-electron chi connectivity index (χ2n) is 5.53. The Morgan fingerprint density at radius 1 is 1.06 bits per heavy atom. The van der Waals surface area contributed by atoms with Gasteiger partial charge in [-0.25, -0.2) is 0 Å². The van der Waals surface area contributed by atoms with E-state index in [-0.39, 0.29) is 12.3 Å². The summed E-state index contributed by atoms with van der Waals surface area (Å²) in [5, 5.41) is 15.0. The fourth-order valence-corrected chi connectivity index (χ4v) is 3.13. The van der Waals surface area contributed by atoms with E-state index in [4.69, 9.17) is 0 Å². The molecule has 1 aliphatic carbocycles. The molecule has 2 aliphatic rings. The minimum absolute atomic E-state index is 0.111. The predicted molar refractivity (Wildman–Crippen MR) is 67.4 cm³/mol. The van der Waals surface area contributed by atoms with Crippen molar-refractivity contribution in [3.8, 4) is 0 Å². The van der Waals surface area contributed by atoms with Crippen molar-refractivity contribution < 1.29 is 0 Å². The van der Waals surface area contributed by atoms with Crippen LogP contribution in [0.25, 0.3) is 0 Å². The molecule has 1 saturated heterocycles. The molecule has 0 bridgehead atoms. The number of hydrogen-bond acceptors (Lipinski definition) is 6. The lowest BCUT2D eigenvalue weighted by Gasteiger charge is -2.41. The molecule has 2 atom stereocenters. The molecule has 2 fully saturated rings. The first kappa shape index (κ1) is 13.2. The third-order valence-electron chi connectivity index (χ3n) is 3.74. The monoisotopic (exact) mass is 242 g/mol. The topological polar surface area (TPSA) is 48.0 Å². The fraction of sp³-hybridized carbons (Fsp3) is 1.00. The zero-order valence-corrected chi connectivity index (χ0v) is 11.3. The van der Waals surface area contributed by atoms with E-state index < -0.39 is 0 Å². The number of nitrogens with one attached hydrogen (secondary N) is 1. The van der Waals surface area contributed by atoms with Crippen LogP contribution in [0.3, 0.4) is 0 Å². The van der Waals surface area contributed by atoms with E-state index in [0.29, 0.717) is 6.04 Å². The number of hydrazine groups is 2. The molecule has 1 aliphatic heterocycles. The van der Waals surface area contributed by atoms with Crippen molar-refractivity contribution >= 4 is 0 Å². The molecule has 1 heterocycles. The van der Waals surface area contributed by atoms with Gasteiger partial charge in [0.05, 0.1) is 0 Å². The van der Waals surface area contributed by atoms with Crippen LogP contribution in [-0.2, 0) is 0 Å². The summed E-state index contributed by atoms with van der Waals surface area (Å²) in [7, 11) is 8.16. The molecule has 100 valence electrons. The molecule has 0 aromatic carbocycles. The summed E-state index contributed by atoms with van der Waals surface area (Å²) in [6, 6.07) is 0.446. The lowest BCUT2D eigenvalue weighted by Crippen LogP contribution is -2.59. The van der Waals surface area contributed by atoms with Gasteiger partial charge in [0.15, 0.2) is 0 Å². The highest BCUT2D eigenvalue weighted by Crippen LogP contribution is 2.31. The van der Waals surface area contributed by atoms with Crippen LogP contribution >= 0.6 is 0 Å². The molecule has 6 heteroatoms. The lowest BCUT2D eigenvalue weighted by molar-refractivity contribution is -0.0745. The van der Waals surface area contributed by atoms with Crippen LogP contribution in [0, 0.1) is 5.21 Å². The van der Waals surface area contributed by atoms with Crippen LogP contribution in [-0.4, -0.2) is 66.5 Å². The maximum absolute atomic E-state index is 11.9. The number of hydrogen-bond donors (Lipinski definition) is 1. The van der Waals surface area contributed by atoms with Crippen LogP contribution in [0.15, 0.2) is 0 Å². The second-order valence-corrected chi connectivity index (χ2v) is 5.53. The molecular weight excluding hydrogens is 218 g/mol. The highest BCUT2D eigenvalue weighted by molar-refractivity contribution is 4.93. The first-order chi connectivity index (χ1) is 8.02. The summed E-state index contributed by atoms with van der Waals surface area (Å²) in [6.45, 7) is 0. The van der Waals surface area contributed by atoms with Crippen LogP contribution in [0.2, 0.25) is 0 Å². The van der Waals surface area contributed by atoms with E-state index in [2.05, 4.69) is 20.3 Å². The van der Waals surface area contributed by atoms with Gasteiger partial charge in [-0.2, -0.15) is 10.5 Å². The number of nitrogens with zero attached hydrogens (tertiary/aromatic N) is 4. The molecule has 2 rings (SSSR count). The first-order valence-electron chi connectivity index (χ1n) is 6.36.